The molecule has 146 valence electrons. The van der Waals surface area contributed by atoms with E-state index in [1.807, 2.05) is 12.1 Å². The average molecular weight is 444 g/mol. The second kappa shape index (κ2) is 6.83. The predicted octanol–water partition coefficient (Wildman–Crippen LogP) is 4.46. The number of thiophene rings is 1. The second-order valence-electron chi connectivity index (χ2n) is 7.01. The van der Waals surface area contributed by atoms with Crippen LogP contribution in [0.15, 0.2) is 54.0 Å². The van der Waals surface area contributed by atoms with Gasteiger partial charge in [-0.2, -0.15) is 0 Å². The number of nitrogens with zero attached hydrogens (tertiary/aromatic N) is 3. The number of amides is 2. The Morgan fingerprint density at radius 1 is 1.10 bits per heavy atom. The maximum Gasteiger partial charge on any atom is 0.267 e. The summed E-state index contributed by atoms with van der Waals surface area (Å²) in [5.74, 6) is -0.309. The molecule has 2 aromatic heterocycles. The summed E-state index contributed by atoms with van der Waals surface area (Å²) in [5, 5.41) is 2.81. The molecule has 8 heteroatoms. The molecule has 2 aliphatic heterocycles. The quantitative estimate of drug-likeness (QED) is 0.587. The number of aromatic nitrogens is 1. The molecule has 29 heavy (non-hydrogen) atoms. The van der Waals surface area contributed by atoms with Crippen molar-refractivity contribution in [2.75, 3.05) is 13.1 Å². The molecular formula is C21H15Cl2N3O2S. The number of pyridine rings is 1. The zero-order valence-electron chi connectivity index (χ0n) is 15.1. The van der Waals surface area contributed by atoms with Crippen LogP contribution in [-0.2, 0) is 12.1 Å². The van der Waals surface area contributed by atoms with Gasteiger partial charge in [-0.1, -0.05) is 35.3 Å². The molecule has 2 aliphatic rings. The van der Waals surface area contributed by atoms with E-state index in [2.05, 4.69) is 4.98 Å². The third-order valence-corrected chi connectivity index (χ3v) is 7.16. The molecule has 5 rings (SSSR count). The number of hydrogen-bond donors (Lipinski definition) is 0. The van der Waals surface area contributed by atoms with Crippen LogP contribution in [0.1, 0.15) is 31.3 Å². The monoisotopic (exact) mass is 443 g/mol. The molecule has 4 heterocycles. The summed E-state index contributed by atoms with van der Waals surface area (Å²) in [5.41, 5.74) is 1.12. The Labute approximate surface area is 181 Å². The van der Waals surface area contributed by atoms with Crippen molar-refractivity contribution >= 4 is 46.4 Å². The van der Waals surface area contributed by atoms with E-state index in [1.54, 1.807) is 51.7 Å². The van der Waals surface area contributed by atoms with Crippen LogP contribution in [0, 0.1) is 0 Å². The minimum atomic E-state index is -0.965. The van der Waals surface area contributed by atoms with Gasteiger partial charge in [-0.15, -0.1) is 11.3 Å². The van der Waals surface area contributed by atoms with Gasteiger partial charge in [0.2, 0.25) is 0 Å². The summed E-state index contributed by atoms with van der Waals surface area (Å²) in [6, 6.07) is 12.6. The molecule has 0 spiro atoms. The van der Waals surface area contributed by atoms with E-state index < -0.39 is 5.66 Å². The number of carbonyl (C=O) groups excluding carboxylic acids is 2. The Bertz CT molecular complexity index is 1130. The number of rotatable bonds is 2. The minimum Gasteiger partial charge on any atom is -0.309 e. The van der Waals surface area contributed by atoms with Crippen molar-refractivity contribution in [3.63, 3.8) is 0 Å². The third kappa shape index (κ3) is 2.70. The SMILES string of the molecule is O=C1c2cccnc2CC2(c3ccc(Cl)cc3)N1CCN2C(=O)c1sccc1Cl. The highest BCUT2D eigenvalue weighted by Crippen LogP contribution is 2.45. The lowest BCUT2D eigenvalue weighted by molar-refractivity contribution is 0.00730. The number of fused-ring (bicyclic) bond motifs is 2. The fourth-order valence-electron chi connectivity index (χ4n) is 4.30. The smallest absolute Gasteiger partial charge is 0.267 e. The standard InChI is InChI=1S/C21H15Cl2N3O2S/c22-14-5-3-13(4-6-14)21-12-17-15(2-1-8-24-17)19(27)25(21)9-10-26(21)20(28)18-16(23)7-11-29-18/h1-8,11H,9-10,12H2. The van der Waals surface area contributed by atoms with E-state index in [9.17, 15) is 9.59 Å². The van der Waals surface area contributed by atoms with Crippen LogP contribution in [0.2, 0.25) is 10.0 Å². The molecule has 1 aromatic carbocycles. The van der Waals surface area contributed by atoms with Crippen LogP contribution in [0.3, 0.4) is 0 Å². The first-order valence-corrected chi connectivity index (χ1v) is 10.7. The number of hydrogen-bond acceptors (Lipinski definition) is 4. The van der Waals surface area contributed by atoms with Crippen LogP contribution >= 0.6 is 34.5 Å². The molecule has 1 atom stereocenters. The molecule has 0 radical (unpaired) electrons. The largest absolute Gasteiger partial charge is 0.309 e. The summed E-state index contributed by atoms with van der Waals surface area (Å²) >= 11 is 13.7. The highest BCUT2D eigenvalue weighted by Gasteiger charge is 2.56. The van der Waals surface area contributed by atoms with Gasteiger partial charge in [0, 0.05) is 30.7 Å². The highest BCUT2D eigenvalue weighted by molar-refractivity contribution is 7.12. The van der Waals surface area contributed by atoms with Gasteiger partial charge < -0.3 is 9.80 Å². The van der Waals surface area contributed by atoms with Crippen LogP contribution in [-0.4, -0.2) is 39.7 Å². The van der Waals surface area contributed by atoms with Crippen molar-refractivity contribution in [1.29, 1.82) is 0 Å². The Hall–Kier alpha value is -2.41. The molecule has 0 aliphatic carbocycles. The summed E-state index contributed by atoms with van der Waals surface area (Å²) in [7, 11) is 0. The number of carbonyl (C=O) groups is 2. The lowest BCUT2D eigenvalue weighted by Crippen LogP contribution is -2.58. The Balaban J connectivity index is 1.71. The molecule has 0 N–H and O–H groups in total. The summed E-state index contributed by atoms with van der Waals surface area (Å²) in [6.45, 7) is 0.847. The van der Waals surface area contributed by atoms with Crippen molar-refractivity contribution in [3.8, 4) is 0 Å². The number of benzene rings is 1. The van der Waals surface area contributed by atoms with E-state index >= 15 is 0 Å². The van der Waals surface area contributed by atoms with E-state index in [0.717, 1.165) is 5.56 Å². The van der Waals surface area contributed by atoms with Gasteiger partial charge in [0.25, 0.3) is 11.8 Å². The van der Waals surface area contributed by atoms with E-state index in [0.29, 0.717) is 45.7 Å². The third-order valence-electron chi connectivity index (χ3n) is 5.58. The number of halogens is 2. The van der Waals surface area contributed by atoms with Gasteiger partial charge in [0.1, 0.15) is 10.5 Å². The Morgan fingerprint density at radius 2 is 1.90 bits per heavy atom. The first-order chi connectivity index (χ1) is 14.0. The first kappa shape index (κ1) is 18.6. The van der Waals surface area contributed by atoms with E-state index in [1.165, 1.54) is 11.3 Å². The molecule has 2 amide bonds. The van der Waals surface area contributed by atoms with Crippen molar-refractivity contribution in [1.82, 2.24) is 14.8 Å². The van der Waals surface area contributed by atoms with E-state index in [4.69, 9.17) is 23.2 Å². The van der Waals surface area contributed by atoms with Crippen LogP contribution in [0.25, 0.3) is 0 Å². The van der Waals surface area contributed by atoms with Gasteiger partial charge in [0.15, 0.2) is 0 Å². The maximum atomic E-state index is 13.5. The first-order valence-electron chi connectivity index (χ1n) is 9.09. The molecular weight excluding hydrogens is 429 g/mol. The highest BCUT2D eigenvalue weighted by atomic mass is 35.5. The van der Waals surface area contributed by atoms with Crippen molar-refractivity contribution in [2.45, 2.75) is 12.1 Å². The topological polar surface area (TPSA) is 53.5 Å². The fraction of sp³-hybridized carbons (Fsp3) is 0.190. The fourth-order valence-corrected chi connectivity index (χ4v) is 5.51. The summed E-state index contributed by atoms with van der Waals surface area (Å²) in [6.07, 6.45) is 2.08. The van der Waals surface area contributed by atoms with Crippen LogP contribution in [0.5, 0.6) is 0 Å². The average Bonchev–Trinajstić information content (AvgIpc) is 3.33. The predicted molar refractivity (Wildman–Crippen MR) is 112 cm³/mol. The van der Waals surface area contributed by atoms with Gasteiger partial charge in [-0.3, -0.25) is 14.6 Å². The normalized spacial score (nSPS) is 20.6. The molecule has 1 fully saturated rings. The summed E-state index contributed by atoms with van der Waals surface area (Å²) < 4.78 is 0. The van der Waals surface area contributed by atoms with Crippen molar-refractivity contribution in [2.24, 2.45) is 0 Å². The minimum absolute atomic E-state index is 0.123. The van der Waals surface area contributed by atoms with Crippen molar-refractivity contribution in [3.05, 3.63) is 85.8 Å². The van der Waals surface area contributed by atoms with Gasteiger partial charge in [-0.05, 0) is 41.3 Å². The van der Waals surface area contributed by atoms with Gasteiger partial charge >= 0.3 is 0 Å². The molecule has 3 aromatic rings. The van der Waals surface area contributed by atoms with Gasteiger partial charge in [0.05, 0.1) is 16.3 Å². The summed E-state index contributed by atoms with van der Waals surface area (Å²) in [4.78, 5) is 35.3. The molecule has 0 bridgehead atoms. The Morgan fingerprint density at radius 3 is 2.62 bits per heavy atom. The molecule has 1 saturated heterocycles. The zero-order valence-corrected chi connectivity index (χ0v) is 17.5. The second-order valence-corrected chi connectivity index (χ2v) is 8.77. The molecule has 0 saturated carbocycles. The maximum absolute atomic E-state index is 13.5. The lowest BCUT2D eigenvalue weighted by atomic mass is 9.86. The van der Waals surface area contributed by atoms with Crippen LogP contribution < -0.4 is 0 Å². The zero-order chi connectivity index (χ0) is 20.2. The molecule has 1 unspecified atom stereocenters. The van der Waals surface area contributed by atoms with Gasteiger partial charge in [-0.25, -0.2) is 0 Å². The van der Waals surface area contributed by atoms with E-state index in [-0.39, 0.29) is 11.8 Å². The Kier molecular flexibility index (Phi) is 4.38. The van der Waals surface area contributed by atoms with Crippen molar-refractivity contribution < 1.29 is 9.59 Å². The lowest BCUT2D eigenvalue weighted by Gasteiger charge is -2.46. The molecule has 5 nitrogen and oxygen atoms in total. The van der Waals surface area contributed by atoms with Crippen LogP contribution in [0.4, 0.5) is 0 Å².